The molecule has 25 heavy (non-hydrogen) atoms. The van der Waals surface area contributed by atoms with Gasteiger partial charge in [0.05, 0.1) is 11.4 Å². The smallest absolute Gasteiger partial charge is 0.242 e. The van der Waals surface area contributed by atoms with Crippen molar-refractivity contribution in [1.29, 1.82) is 0 Å². The van der Waals surface area contributed by atoms with Gasteiger partial charge < -0.3 is 10.2 Å². The third kappa shape index (κ3) is 4.52. The van der Waals surface area contributed by atoms with E-state index in [-0.39, 0.29) is 17.3 Å². The summed E-state index contributed by atoms with van der Waals surface area (Å²) >= 11 is 0. The summed E-state index contributed by atoms with van der Waals surface area (Å²) in [6.07, 6.45) is 2.21. The van der Waals surface area contributed by atoms with E-state index in [1.54, 1.807) is 12.1 Å². The zero-order chi connectivity index (χ0) is 18.8. The Morgan fingerprint density at radius 2 is 2.00 bits per heavy atom. The molecule has 1 atom stereocenters. The summed E-state index contributed by atoms with van der Waals surface area (Å²) in [6.45, 7) is 7.75. The molecular formula is C18H29N3O3S. The molecule has 1 aromatic rings. The van der Waals surface area contributed by atoms with Crippen LogP contribution < -0.4 is 5.32 Å². The van der Waals surface area contributed by atoms with Crippen LogP contribution in [0.2, 0.25) is 0 Å². The molecule has 0 aliphatic carbocycles. The summed E-state index contributed by atoms with van der Waals surface area (Å²) in [5.74, 6) is 0.597. The first-order chi connectivity index (χ1) is 11.6. The summed E-state index contributed by atoms with van der Waals surface area (Å²) in [6, 6.07) is 3.29. The lowest BCUT2D eigenvalue weighted by atomic mass is 10.0. The lowest BCUT2D eigenvalue weighted by Crippen LogP contribution is -2.42. The summed E-state index contributed by atoms with van der Waals surface area (Å²) < 4.78 is 26.0. The largest absolute Gasteiger partial charge is 0.376 e. The Kier molecular flexibility index (Phi) is 6.11. The number of sulfonamides is 1. The van der Waals surface area contributed by atoms with Gasteiger partial charge >= 0.3 is 0 Å². The summed E-state index contributed by atoms with van der Waals surface area (Å²) in [5.41, 5.74) is 2.53. The Morgan fingerprint density at radius 1 is 1.32 bits per heavy atom. The summed E-state index contributed by atoms with van der Waals surface area (Å²) in [7, 11) is -0.482. The van der Waals surface area contributed by atoms with E-state index in [1.165, 1.54) is 24.8 Å². The van der Waals surface area contributed by atoms with Gasteiger partial charge in [-0.2, -0.15) is 0 Å². The number of aryl methyl sites for hydroxylation is 1. The molecule has 1 N–H and O–H groups in total. The van der Waals surface area contributed by atoms with Gasteiger partial charge in [-0.1, -0.05) is 6.92 Å². The molecule has 0 unspecified atom stereocenters. The van der Waals surface area contributed by atoms with Gasteiger partial charge in [0.2, 0.25) is 15.9 Å². The Labute approximate surface area is 151 Å². The standard InChI is InChI=1S/C18H29N3O3S/c1-13-7-6-8-21(12-13)18(22)11-19-17-10-16(9-14(2)15(17)3)25(23,24)20(4)5/h9-10,13,19H,6-8,11-12H2,1-5H3/t13-/m0/s1. The molecule has 0 saturated carbocycles. The molecule has 140 valence electrons. The van der Waals surface area contributed by atoms with Gasteiger partial charge in [-0.15, -0.1) is 0 Å². The Balaban J connectivity index is 2.16. The summed E-state index contributed by atoms with van der Waals surface area (Å²) in [5, 5.41) is 3.14. The van der Waals surface area contributed by atoms with Crippen molar-refractivity contribution in [3.05, 3.63) is 23.3 Å². The average Bonchev–Trinajstić information content (AvgIpc) is 2.55. The van der Waals surface area contributed by atoms with E-state index in [9.17, 15) is 13.2 Å². The number of hydrogen-bond donors (Lipinski definition) is 1. The maximum absolute atomic E-state index is 12.4. The number of nitrogens with zero attached hydrogens (tertiary/aromatic N) is 2. The molecule has 1 saturated heterocycles. The molecule has 2 rings (SSSR count). The van der Waals surface area contributed by atoms with Crippen molar-refractivity contribution in [2.75, 3.05) is 39.0 Å². The molecular weight excluding hydrogens is 338 g/mol. The van der Waals surface area contributed by atoms with Crippen LogP contribution >= 0.6 is 0 Å². The third-order valence-electron chi connectivity index (χ3n) is 4.86. The van der Waals surface area contributed by atoms with E-state index in [1.807, 2.05) is 18.7 Å². The Morgan fingerprint density at radius 3 is 2.60 bits per heavy atom. The molecule has 0 aromatic heterocycles. The molecule has 6 nitrogen and oxygen atoms in total. The van der Waals surface area contributed by atoms with E-state index < -0.39 is 10.0 Å². The molecule has 1 aliphatic rings. The highest BCUT2D eigenvalue weighted by atomic mass is 32.2. The van der Waals surface area contributed by atoms with Crippen LogP contribution in [0.15, 0.2) is 17.0 Å². The minimum atomic E-state index is -3.51. The number of carbonyl (C=O) groups is 1. The fraction of sp³-hybridized carbons (Fsp3) is 0.611. The van der Waals surface area contributed by atoms with Gasteiger partial charge in [0.1, 0.15) is 0 Å². The fourth-order valence-corrected chi connectivity index (χ4v) is 4.08. The monoisotopic (exact) mass is 367 g/mol. The maximum Gasteiger partial charge on any atom is 0.242 e. The van der Waals surface area contributed by atoms with Crippen LogP contribution in [0, 0.1) is 19.8 Å². The minimum Gasteiger partial charge on any atom is -0.376 e. The Hall–Kier alpha value is -1.60. The highest BCUT2D eigenvalue weighted by Gasteiger charge is 2.22. The quantitative estimate of drug-likeness (QED) is 0.866. The van der Waals surface area contributed by atoms with Gasteiger partial charge in [-0.05, 0) is 55.9 Å². The third-order valence-corrected chi connectivity index (χ3v) is 6.65. The molecule has 0 spiro atoms. The first kappa shape index (κ1) is 19.7. The first-order valence-corrected chi connectivity index (χ1v) is 10.1. The van der Waals surface area contributed by atoms with E-state index in [0.717, 1.165) is 30.6 Å². The van der Waals surface area contributed by atoms with E-state index in [4.69, 9.17) is 0 Å². The Bertz CT molecular complexity index is 744. The number of likely N-dealkylation sites (tertiary alicyclic amines) is 1. The van der Waals surface area contributed by atoms with Crippen molar-refractivity contribution in [1.82, 2.24) is 9.21 Å². The van der Waals surface area contributed by atoms with E-state index in [0.29, 0.717) is 11.6 Å². The fourth-order valence-electron chi connectivity index (χ4n) is 3.07. The molecule has 7 heteroatoms. The predicted octanol–water partition coefficient (Wildman–Crippen LogP) is 2.22. The zero-order valence-electron chi connectivity index (χ0n) is 15.8. The molecule has 1 aliphatic heterocycles. The molecule has 1 heterocycles. The first-order valence-electron chi connectivity index (χ1n) is 8.68. The number of benzene rings is 1. The number of piperidine rings is 1. The number of hydrogen-bond acceptors (Lipinski definition) is 4. The summed E-state index contributed by atoms with van der Waals surface area (Å²) in [4.78, 5) is 14.6. The van der Waals surface area contributed by atoms with Crippen LogP contribution in [-0.4, -0.2) is 57.3 Å². The minimum absolute atomic E-state index is 0.0597. The van der Waals surface area contributed by atoms with Crippen LogP contribution in [0.3, 0.4) is 0 Å². The van der Waals surface area contributed by atoms with Gasteiger partial charge in [0.15, 0.2) is 0 Å². The van der Waals surface area contributed by atoms with Gasteiger partial charge in [-0.25, -0.2) is 12.7 Å². The SMILES string of the molecule is Cc1cc(S(=O)(=O)N(C)C)cc(NCC(=O)N2CCC[C@H](C)C2)c1C. The highest BCUT2D eigenvalue weighted by Crippen LogP contribution is 2.25. The highest BCUT2D eigenvalue weighted by molar-refractivity contribution is 7.89. The van der Waals surface area contributed by atoms with Gasteiger partial charge in [0, 0.05) is 32.9 Å². The molecule has 1 amide bonds. The second-order valence-electron chi connectivity index (χ2n) is 7.14. The second kappa shape index (κ2) is 7.74. The van der Waals surface area contributed by atoms with Crippen molar-refractivity contribution in [2.24, 2.45) is 5.92 Å². The molecule has 0 radical (unpaired) electrons. The average molecular weight is 368 g/mol. The van der Waals surface area contributed by atoms with Gasteiger partial charge in [-0.3, -0.25) is 4.79 Å². The van der Waals surface area contributed by atoms with Crippen LogP contribution in [0.1, 0.15) is 30.9 Å². The number of amides is 1. The van der Waals surface area contributed by atoms with Crippen LogP contribution in [0.25, 0.3) is 0 Å². The molecule has 1 fully saturated rings. The lowest BCUT2D eigenvalue weighted by Gasteiger charge is -2.31. The number of anilines is 1. The van der Waals surface area contributed by atoms with E-state index in [2.05, 4.69) is 12.2 Å². The maximum atomic E-state index is 12.4. The topological polar surface area (TPSA) is 69.7 Å². The van der Waals surface area contributed by atoms with Gasteiger partial charge in [0.25, 0.3) is 0 Å². The number of carbonyl (C=O) groups excluding carboxylic acids is 1. The van der Waals surface area contributed by atoms with Crippen molar-refractivity contribution in [2.45, 2.75) is 38.5 Å². The van der Waals surface area contributed by atoms with Crippen molar-refractivity contribution < 1.29 is 13.2 Å². The van der Waals surface area contributed by atoms with Crippen LogP contribution in [0.4, 0.5) is 5.69 Å². The normalized spacial score (nSPS) is 18.5. The van der Waals surface area contributed by atoms with Crippen molar-refractivity contribution in [3.8, 4) is 0 Å². The predicted molar refractivity (Wildman–Crippen MR) is 100 cm³/mol. The van der Waals surface area contributed by atoms with E-state index >= 15 is 0 Å². The molecule has 0 bridgehead atoms. The molecule has 1 aromatic carbocycles. The number of rotatable bonds is 5. The van der Waals surface area contributed by atoms with Crippen molar-refractivity contribution >= 4 is 21.6 Å². The number of nitrogens with one attached hydrogen (secondary N) is 1. The van der Waals surface area contributed by atoms with Crippen LogP contribution in [0.5, 0.6) is 0 Å². The zero-order valence-corrected chi connectivity index (χ0v) is 16.6. The lowest BCUT2D eigenvalue weighted by molar-refractivity contribution is -0.130. The van der Waals surface area contributed by atoms with Crippen molar-refractivity contribution in [3.63, 3.8) is 0 Å². The van der Waals surface area contributed by atoms with Crippen LogP contribution in [-0.2, 0) is 14.8 Å². The second-order valence-corrected chi connectivity index (χ2v) is 9.29.